The van der Waals surface area contributed by atoms with Gasteiger partial charge in [-0.25, -0.2) is 0 Å². The molecule has 7 rings (SSSR count). The summed E-state index contributed by atoms with van der Waals surface area (Å²) in [6.07, 6.45) is 0. The maximum atomic E-state index is 6.72. The molecule has 1 nitrogen and oxygen atoms in total. The second-order valence-electron chi connectivity index (χ2n) is 7.65. The first-order valence-corrected chi connectivity index (χ1v) is 10.4. The lowest BCUT2D eigenvalue weighted by molar-refractivity contribution is 0.631. The zero-order valence-corrected chi connectivity index (χ0v) is 16.8. The summed E-state index contributed by atoms with van der Waals surface area (Å²) >= 11 is 3.67. The summed E-state index contributed by atoms with van der Waals surface area (Å²) in [6.45, 7) is 0. The Balaban J connectivity index is 1.88. The largest absolute Gasteiger partial charge is 0.398 e. The van der Waals surface area contributed by atoms with Gasteiger partial charge in [0.15, 0.2) is 0 Å². The average Bonchev–Trinajstić information content (AvgIpc) is 2.75. The molecule has 0 saturated carbocycles. The minimum Gasteiger partial charge on any atom is -0.398 e. The highest BCUT2D eigenvalue weighted by Crippen LogP contribution is 2.62. The Bertz CT molecular complexity index is 1140. The van der Waals surface area contributed by atoms with Crippen LogP contribution in [-0.4, -0.2) is 0 Å². The predicted octanol–water partition coefficient (Wildman–Crippen LogP) is 6.22. The van der Waals surface area contributed by atoms with Gasteiger partial charge in [-0.2, -0.15) is 0 Å². The molecule has 2 bridgehead atoms. The van der Waals surface area contributed by atoms with Crippen molar-refractivity contribution in [1.82, 2.24) is 0 Å². The molecule has 0 atom stereocenters. The van der Waals surface area contributed by atoms with Gasteiger partial charge in [0.1, 0.15) is 0 Å². The molecule has 28 heavy (non-hydrogen) atoms. The number of anilines is 1. The van der Waals surface area contributed by atoms with Gasteiger partial charge < -0.3 is 5.73 Å². The standard InChI is InChI=1S/C26H18BrN/c27-23-15-7-14-22(25(23)28)26-19-11-4-1-8-16(19)24(17-9-2-5-12-20(17)26)18-10-3-6-13-21(18)26/h1-15,24H,28H2. The summed E-state index contributed by atoms with van der Waals surface area (Å²) in [6, 6.07) is 33.0. The Morgan fingerprint density at radius 2 is 1.00 bits per heavy atom. The van der Waals surface area contributed by atoms with E-state index in [1.54, 1.807) is 0 Å². The van der Waals surface area contributed by atoms with E-state index >= 15 is 0 Å². The van der Waals surface area contributed by atoms with Crippen molar-refractivity contribution in [2.24, 2.45) is 0 Å². The zero-order valence-electron chi connectivity index (χ0n) is 15.2. The summed E-state index contributed by atoms with van der Waals surface area (Å²) in [7, 11) is 0. The highest BCUT2D eigenvalue weighted by molar-refractivity contribution is 9.10. The molecule has 134 valence electrons. The van der Waals surface area contributed by atoms with Crippen molar-refractivity contribution < 1.29 is 0 Å². The zero-order chi connectivity index (χ0) is 18.9. The number of rotatable bonds is 1. The van der Waals surface area contributed by atoms with Gasteiger partial charge in [-0.1, -0.05) is 84.9 Å². The lowest BCUT2D eigenvalue weighted by atomic mass is 9.51. The lowest BCUT2D eigenvalue weighted by Gasteiger charge is -2.51. The fourth-order valence-corrected chi connectivity index (χ4v) is 5.87. The Kier molecular flexibility index (Phi) is 3.22. The molecular weight excluding hydrogens is 406 g/mol. The first kappa shape index (κ1) is 16.1. The van der Waals surface area contributed by atoms with Crippen LogP contribution in [0.5, 0.6) is 0 Å². The average molecular weight is 424 g/mol. The first-order chi connectivity index (χ1) is 13.7. The second kappa shape index (κ2) is 5.59. The molecule has 2 heteroatoms. The fraction of sp³-hybridized carbons (Fsp3) is 0.0769. The lowest BCUT2D eigenvalue weighted by Crippen LogP contribution is -2.43. The number of nitrogen functional groups attached to an aromatic ring is 1. The SMILES string of the molecule is Nc1c(Br)cccc1C12c3ccccc3C(c3ccccc31)c1ccccc12. The molecule has 0 aromatic heterocycles. The first-order valence-electron chi connectivity index (χ1n) is 9.57. The molecule has 0 fully saturated rings. The summed E-state index contributed by atoms with van der Waals surface area (Å²) in [5.41, 5.74) is 16.5. The minimum absolute atomic E-state index is 0.277. The molecule has 0 spiro atoms. The minimum atomic E-state index is -0.396. The molecular formula is C26H18BrN. The van der Waals surface area contributed by atoms with E-state index in [2.05, 4.69) is 101 Å². The Morgan fingerprint density at radius 1 is 0.571 bits per heavy atom. The van der Waals surface area contributed by atoms with Gasteiger partial charge in [0.2, 0.25) is 0 Å². The van der Waals surface area contributed by atoms with Gasteiger partial charge >= 0.3 is 0 Å². The third-order valence-corrected chi connectivity index (χ3v) is 7.18. The summed E-state index contributed by atoms with van der Waals surface area (Å²) < 4.78 is 0.944. The molecule has 0 radical (unpaired) electrons. The fourth-order valence-electron chi connectivity index (χ4n) is 5.51. The molecule has 4 aromatic carbocycles. The molecule has 4 aromatic rings. The molecule has 0 heterocycles. The van der Waals surface area contributed by atoms with E-state index in [0.717, 1.165) is 15.7 Å². The molecule has 0 aliphatic heterocycles. The summed E-state index contributed by atoms with van der Waals surface area (Å²) in [4.78, 5) is 0. The van der Waals surface area contributed by atoms with E-state index in [4.69, 9.17) is 5.73 Å². The van der Waals surface area contributed by atoms with Crippen molar-refractivity contribution in [3.63, 3.8) is 0 Å². The van der Waals surface area contributed by atoms with E-state index in [9.17, 15) is 0 Å². The predicted molar refractivity (Wildman–Crippen MR) is 118 cm³/mol. The van der Waals surface area contributed by atoms with E-state index in [-0.39, 0.29) is 5.92 Å². The quantitative estimate of drug-likeness (QED) is 0.312. The van der Waals surface area contributed by atoms with Crippen LogP contribution in [-0.2, 0) is 5.41 Å². The van der Waals surface area contributed by atoms with Gasteiger partial charge in [-0.05, 0) is 60.9 Å². The van der Waals surface area contributed by atoms with Crippen molar-refractivity contribution in [2.75, 3.05) is 5.73 Å². The van der Waals surface area contributed by atoms with Crippen LogP contribution in [0.15, 0.2) is 95.5 Å². The normalized spacial score (nSPS) is 21.0. The molecule has 2 N–H and O–H groups in total. The van der Waals surface area contributed by atoms with Crippen molar-refractivity contribution in [3.05, 3.63) is 134 Å². The van der Waals surface area contributed by atoms with Gasteiger partial charge in [0, 0.05) is 10.4 Å². The van der Waals surface area contributed by atoms with Crippen molar-refractivity contribution in [2.45, 2.75) is 11.3 Å². The van der Waals surface area contributed by atoms with E-state index < -0.39 is 5.41 Å². The third-order valence-electron chi connectivity index (χ3n) is 6.48. The number of nitrogens with two attached hydrogens (primary N) is 1. The Labute approximate surface area is 173 Å². The maximum Gasteiger partial charge on any atom is 0.0730 e. The van der Waals surface area contributed by atoms with Crippen LogP contribution in [0, 0.1) is 0 Å². The van der Waals surface area contributed by atoms with E-state index in [1.165, 1.54) is 33.4 Å². The topological polar surface area (TPSA) is 26.0 Å². The molecule has 3 aliphatic rings. The summed E-state index contributed by atoms with van der Waals surface area (Å²) in [5.74, 6) is 0.277. The van der Waals surface area contributed by atoms with Crippen molar-refractivity contribution in [3.8, 4) is 0 Å². The highest BCUT2D eigenvalue weighted by Gasteiger charge is 2.53. The van der Waals surface area contributed by atoms with Crippen LogP contribution >= 0.6 is 15.9 Å². The van der Waals surface area contributed by atoms with Gasteiger partial charge in [-0.15, -0.1) is 0 Å². The van der Waals surface area contributed by atoms with Crippen LogP contribution in [0.25, 0.3) is 0 Å². The molecule has 0 unspecified atom stereocenters. The number of hydrogen-bond donors (Lipinski definition) is 1. The van der Waals surface area contributed by atoms with Crippen LogP contribution in [0.2, 0.25) is 0 Å². The van der Waals surface area contributed by atoms with Crippen molar-refractivity contribution in [1.29, 1.82) is 0 Å². The smallest absolute Gasteiger partial charge is 0.0730 e. The van der Waals surface area contributed by atoms with E-state index in [1.807, 2.05) is 6.07 Å². The molecule has 0 amide bonds. The van der Waals surface area contributed by atoms with Crippen LogP contribution in [0.1, 0.15) is 44.9 Å². The van der Waals surface area contributed by atoms with Crippen LogP contribution in [0.4, 0.5) is 5.69 Å². The maximum absolute atomic E-state index is 6.72. The molecule has 0 saturated heterocycles. The van der Waals surface area contributed by atoms with Crippen LogP contribution in [0.3, 0.4) is 0 Å². The second-order valence-corrected chi connectivity index (χ2v) is 8.50. The number of halogens is 1. The van der Waals surface area contributed by atoms with Gasteiger partial charge in [-0.3, -0.25) is 0 Å². The number of para-hydroxylation sites is 1. The Morgan fingerprint density at radius 3 is 1.50 bits per heavy atom. The van der Waals surface area contributed by atoms with Gasteiger partial charge in [0.25, 0.3) is 0 Å². The van der Waals surface area contributed by atoms with Crippen LogP contribution < -0.4 is 5.73 Å². The Hall–Kier alpha value is -2.84. The van der Waals surface area contributed by atoms with Gasteiger partial charge in [0.05, 0.1) is 11.1 Å². The highest BCUT2D eigenvalue weighted by atomic mass is 79.9. The number of benzene rings is 4. The van der Waals surface area contributed by atoms with E-state index in [0.29, 0.717) is 0 Å². The van der Waals surface area contributed by atoms with Crippen molar-refractivity contribution >= 4 is 21.6 Å². The summed E-state index contributed by atoms with van der Waals surface area (Å²) in [5, 5.41) is 0. The third kappa shape index (κ3) is 1.77. The monoisotopic (exact) mass is 423 g/mol. The number of hydrogen-bond acceptors (Lipinski definition) is 1. The molecule has 3 aliphatic carbocycles.